The van der Waals surface area contributed by atoms with Crippen molar-refractivity contribution in [1.82, 2.24) is 4.98 Å². The number of halogens is 4. The zero-order chi connectivity index (χ0) is 13.1. The van der Waals surface area contributed by atoms with E-state index in [1.165, 1.54) is 11.3 Å². The van der Waals surface area contributed by atoms with Crippen molar-refractivity contribution in [3.63, 3.8) is 0 Å². The molecule has 96 valence electrons. The molecule has 0 fully saturated rings. The third-order valence-corrected chi connectivity index (χ3v) is 4.22. The first kappa shape index (κ1) is 14.2. The lowest BCUT2D eigenvalue weighted by atomic mass is 10.3. The number of hydrogen-bond donors (Lipinski definition) is 0. The lowest BCUT2D eigenvalue weighted by Crippen LogP contribution is -1.96. The van der Waals surface area contributed by atoms with Gasteiger partial charge in [0.2, 0.25) is 0 Å². The largest absolute Gasteiger partial charge is 0.485 e. The summed E-state index contributed by atoms with van der Waals surface area (Å²) in [6, 6.07) is 3.13. The summed E-state index contributed by atoms with van der Waals surface area (Å²) >= 11 is 24.9. The predicted molar refractivity (Wildman–Crippen MR) is 77.5 cm³/mol. The Hall–Kier alpha value is -0.190. The predicted octanol–water partition coefficient (Wildman–Crippen LogP) is 5.42. The van der Waals surface area contributed by atoms with Crippen LogP contribution in [0.15, 0.2) is 17.5 Å². The highest BCUT2D eigenvalue weighted by molar-refractivity contribution is 7.09. The summed E-state index contributed by atoms with van der Waals surface area (Å²) in [5, 5.41) is 3.93. The molecule has 1 aromatic heterocycles. The Kier molecular flexibility index (Phi) is 4.98. The van der Waals surface area contributed by atoms with E-state index >= 15 is 0 Å². The van der Waals surface area contributed by atoms with Crippen molar-refractivity contribution in [1.29, 1.82) is 0 Å². The molecule has 0 saturated heterocycles. The SMILES string of the molecule is ClCc1csc(COc2cc(Cl)c(Cl)cc2Cl)n1. The second-order valence-corrected chi connectivity index (χ2v) is 5.78. The fraction of sp³-hybridized carbons (Fsp3) is 0.182. The minimum atomic E-state index is 0.319. The molecule has 0 bridgehead atoms. The van der Waals surface area contributed by atoms with Crippen LogP contribution in [-0.2, 0) is 12.5 Å². The molecule has 2 aromatic rings. The first-order valence-electron chi connectivity index (χ1n) is 4.86. The highest BCUT2D eigenvalue weighted by Gasteiger charge is 2.08. The van der Waals surface area contributed by atoms with Crippen molar-refractivity contribution in [2.75, 3.05) is 0 Å². The number of aromatic nitrogens is 1. The van der Waals surface area contributed by atoms with E-state index in [2.05, 4.69) is 4.98 Å². The Morgan fingerprint density at radius 1 is 1.11 bits per heavy atom. The van der Waals surface area contributed by atoms with E-state index in [4.69, 9.17) is 51.1 Å². The molecule has 7 heteroatoms. The Morgan fingerprint density at radius 3 is 2.50 bits per heavy atom. The second kappa shape index (κ2) is 6.31. The van der Waals surface area contributed by atoms with Crippen LogP contribution in [0.5, 0.6) is 5.75 Å². The van der Waals surface area contributed by atoms with Gasteiger partial charge >= 0.3 is 0 Å². The van der Waals surface area contributed by atoms with Crippen LogP contribution < -0.4 is 4.74 Å². The zero-order valence-corrected chi connectivity index (χ0v) is 12.8. The van der Waals surface area contributed by atoms with Gasteiger partial charge in [0.25, 0.3) is 0 Å². The lowest BCUT2D eigenvalue weighted by Gasteiger charge is -2.07. The molecule has 2 rings (SSSR count). The molecular weight excluding hydrogens is 336 g/mol. The normalized spacial score (nSPS) is 10.7. The van der Waals surface area contributed by atoms with E-state index < -0.39 is 0 Å². The van der Waals surface area contributed by atoms with Gasteiger partial charge in [0, 0.05) is 11.4 Å². The smallest absolute Gasteiger partial charge is 0.140 e. The van der Waals surface area contributed by atoms with Crippen LogP contribution in [0.25, 0.3) is 0 Å². The van der Waals surface area contributed by atoms with Crippen LogP contribution in [0.1, 0.15) is 10.7 Å². The number of ether oxygens (including phenoxy) is 1. The lowest BCUT2D eigenvalue weighted by molar-refractivity contribution is 0.305. The van der Waals surface area contributed by atoms with Gasteiger partial charge in [-0.1, -0.05) is 34.8 Å². The van der Waals surface area contributed by atoms with Gasteiger partial charge in [-0.2, -0.15) is 0 Å². The van der Waals surface area contributed by atoms with E-state index in [0.717, 1.165) is 10.7 Å². The summed E-state index contributed by atoms with van der Waals surface area (Å²) in [6.45, 7) is 0.319. The Balaban J connectivity index is 2.08. The summed E-state index contributed by atoms with van der Waals surface area (Å²) in [7, 11) is 0. The molecule has 0 aliphatic carbocycles. The molecule has 0 N–H and O–H groups in total. The van der Waals surface area contributed by atoms with Crippen molar-refractivity contribution in [2.45, 2.75) is 12.5 Å². The van der Waals surface area contributed by atoms with E-state index in [9.17, 15) is 0 Å². The standard InChI is InChI=1S/C11H7Cl4NOS/c12-3-6-5-18-11(16-6)4-17-10-2-8(14)7(13)1-9(10)15/h1-2,5H,3-4H2. The molecule has 0 aliphatic heterocycles. The summed E-state index contributed by atoms with van der Waals surface area (Å²) in [6.07, 6.45) is 0. The van der Waals surface area contributed by atoms with E-state index in [-0.39, 0.29) is 0 Å². The van der Waals surface area contributed by atoms with E-state index in [1.54, 1.807) is 12.1 Å². The molecule has 18 heavy (non-hydrogen) atoms. The van der Waals surface area contributed by atoms with Crippen LogP contribution in [0.3, 0.4) is 0 Å². The molecular formula is C11H7Cl4NOS. The number of thiazole rings is 1. The van der Waals surface area contributed by atoms with Gasteiger partial charge in [0.05, 0.1) is 26.6 Å². The minimum absolute atomic E-state index is 0.319. The van der Waals surface area contributed by atoms with E-state index in [0.29, 0.717) is 33.3 Å². The van der Waals surface area contributed by atoms with Gasteiger partial charge in [-0.25, -0.2) is 4.98 Å². The summed E-state index contributed by atoms with van der Waals surface area (Å²) < 4.78 is 5.55. The highest BCUT2D eigenvalue weighted by Crippen LogP contribution is 2.34. The number of benzene rings is 1. The number of alkyl halides is 1. The van der Waals surface area contributed by atoms with Crippen molar-refractivity contribution < 1.29 is 4.74 Å². The zero-order valence-electron chi connectivity index (χ0n) is 8.92. The Bertz CT molecular complexity index is 558. The second-order valence-electron chi connectivity index (χ2n) is 3.35. The molecule has 0 atom stereocenters. The van der Waals surface area contributed by atoms with Crippen LogP contribution in [-0.4, -0.2) is 4.98 Å². The average Bonchev–Trinajstić information content (AvgIpc) is 2.80. The maximum absolute atomic E-state index is 5.99. The Labute approximate surface area is 128 Å². The molecule has 0 saturated carbocycles. The number of nitrogens with zero attached hydrogens (tertiary/aromatic N) is 1. The van der Waals surface area contributed by atoms with Crippen LogP contribution in [0, 0.1) is 0 Å². The van der Waals surface area contributed by atoms with Crippen molar-refractivity contribution in [3.05, 3.63) is 43.3 Å². The maximum Gasteiger partial charge on any atom is 0.140 e. The van der Waals surface area contributed by atoms with Gasteiger partial charge in [-0.15, -0.1) is 22.9 Å². The fourth-order valence-electron chi connectivity index (χ4n) is 1.23. The monoisotopic (exact) mass is 341 g/mol. The average molecular weight is 343 g/mol. The first-order chi connectivity index (χ1) is 8.60. The van der Waals surface area contributed by atoms with Crippen molar-refractivity contribution in [3.8, 4) is 5.75 Å². The van der Waals surface area contributed by atoms with Gasteiger partial charge in [-0.3, -0.25) is 0 Å². The van der Waals surface area contributed by atoms with Crippen LogP contribution in [0.2, 0.25) is 15.1 Å². The quantitative estimate of drug-likeness (QED) is 0.546. The Morgan fingerprint density at radius 2 is 1.83 bits per heavy atom. The van der Waals surface area contributed by atoms with Crippen LogP contribution in [0.4, 0.5) is 0 Å². The maximum atomic E-state index is 5.99. The topological polar surface area (TPSA) is 22.1 Å². The summed E-state index contributed by atoms with van der Waals surface area (Å²) in [4.78, 5) is 4.27. The van der Waals surface area contributed by atoms with Crippen molar-refractivity contribution in [2.24, 2.45) is 0 Å². The van der Waals surface area contributed by atoms with Gasteiger partial charge in [0.1, 0.15) is 17.4 Å². The molecule has 1 aromatic carbocycles. The van der Waals surface area contributed by atoms with Crippen LogP contribution >= 0.6 is 57.7 Å². The molecule has 0 unspecified atom stereocenters. The first-order valence-corrected chi connectivity index (χ1v) is 7.41. The molecule has 0 amide bonds. The minimum Gasteiger partial charge on any atom is -0.485 e. The van der Waals surface area contributed by atoms with Gasteiger partial charge in [-0.05, 0) is 6.07 Å². The molecule has 1 heterocycles. The summed E-state index contributed by atoms with van der Waals surface area (Å²) in [5.74, 6) is 0.873. The molecule has 2 nitrogen and oxygen atoms in total. The molecule has 0 radical (unpaired) electrons. The molecule has 0 aliphatic rings. The number of rotatable bonds is 4. The third kappa shape index (κ3) is 3.43. The van der Waals surface area contributed by atoms with Gasteiger partial charge < -0.3 is 4.74 Å². The highest BCUT2D eigenvalue weighted by atomic mass is 35.5. The van der Waals surface area contributed by atoms with E-state index in [1.807, 2.05) is 5.38 Å². The third-order valence-electron chi connectivity index (χ3n) is 2.06. The van der Waals surface area contributed by atoms with Gasteiger partial charge in [0.15, 0.2) is 0 Å². The number of hydrogen-bond acceptors (Lipinski definition) is 3. The summed E-state index contributed by atoms with van der Waals surface area (Å²) in [5.41, 5.74) is 0.834. The fourth-order valence-corrected chi connectivity index (χ4v) is 2.76. The van der Waals surface area contributed by atoms with Crippen molar-refractivity contribution >= 4 is 57.7 Å². The molecule has 0 spiro atoms.